The van der Waals surface area contributed by atoms with Crippen LogP contribution in [0.5, 0.6) is 0 Å². The number of carbonyl (C=O) groups excluding carboxylic acids is 1. The Morgan fingerprint density at radius 2 is 1.29 bits per heavy atom. The maximum absolute atomic E-state index is 11.1. The smallest absolute Gasteiger partial charge is 0.246 e. The second kappa shape index (κ2) is 15.2. The van der Waals surface area contributed by atoms with Crippen molar-refractivity contribution in [2.45, 2.75) is 71.1 Å². The Labute approximate surface area is 163 Å². The van der Waals surface area contributed by atoms with Gasteiger partial charge in [0, 0.05) is 19.3 Å². The molecule has 0 amide bonds. The van der Waals surface area contributed by atoms with Crippen LogP contribution in [0.15, 0.2) is 35.3 Å². The van der Waals surface area contributed by atoms with E-state index < -0.39 is 14.8 Å². The molecule has 0 aliphatic carbocycles. The van der Waals surface area contributed by atoms with Gasteiger partial charge in [-0.2, -0.15) is 0 Å². The first-order valence-corrected chi connectivity index (χ1v) is 9.27. The Hall–Kier alpha value is -2.91. The summed E-state index contributed by atoms with van der Waals surface area (Å²) >= 11 is 0. The van der Waals surface area contributed by atoms with E-state index in [0.717, 1.165) is 32.0 Å². The predicted molar refractivity (Wildman–Crippen MR) is 103 cm³/mol. The lowest BCUT2D eigenvalue weighted by atomic mass is 10.1. The first-order valence-electron chi connectivity index (χ1n) is 9.27. The number of rotatable bonds is 16. The number of nitrogens with zero attached hydrogens (tertiary/aromatic N) is 3. The lowest BCUT2D eigenvalue weighted by molar-refractivity contribution is -0.432. The highest BCUT2D eigenvalue weighted by molar-refractivity contribution is 5.48. The highest BCUT2D eigenvalue weighted by atomic mass is 16.6. The van der Waals surface area contributed by atoms with Crippen LogP contribution in [0.4, 0.5) is 0 Å². The van der Waals surface area contributed by atoms with E-state index in [1.807, 2.05) is 0 Å². The maximum Gasteiger partial charge on any atom is 0.246 e. The minimum absolute atomic E-state index is 0.00178. The van der Waals surface area contributed by atoms with Crippen molar-refractivity contribution in [2.75, 3.05) is 0 Å². The molecule has 0 aromatic carbocycles. The van der Waals surface area contributed by atoms with E-state index in [-0.39, 0.29) is 42.8 Å². The Morgan fingerprint density at radius 3 is 1.82 bits per heavy atom. The van der Waals surface area contributed by atoms with Gasteiger partial charge < -0.3 is 4.79 Å². The first-order chi connectivity index (χ1) is 13.3. The fraction of sp³-hybridized carbons (Fsp3) is 0.611. The molecule has 0 heterocycles. The summed E-state index contributed by atoms with van der Waals surface area (Å²) < 4.78 is 0. The van der Waals surface area contributed by atoms with Crippen LogP contribution in [0.3, 0.4) is 0 Å². The summed E-state index contributed by atoms with van der Waals surface area (Å²) in [7, 11) is 0. The molecular formula is C18H27N3O7. The van der Waals surface area contributed by atoms with Gasteiger partial charge in [0.1, 0.15) is 6.29 Å². The number of allylic oxidation sites excluding steroid dienone is 5. The van der Waals surface area contributed by atoms with Crippen molar-refractivity contribution in [3.8, 4) is 0 Å². The SMILES string of the molecule is CC/C(=C\C/C(=C\C/C=C(\CCCCCCCC=O)[N+](=O)[O-])[N+](=O)[O-])[N+](=O)[O-]. The van der Waals surface area contributed by atoms with Crippen LogP contribution >= 0.6 is 0 Å². The average Bonchev–Trinajstić information content (AvgIpc) is 2.63. The highest BCUT2D eigenvalue weighted by Gasteiger charge is 2.14. The Morgan fingerprint density at radius 1 is 0.750 bits per heavy atom. The fourth-order valence-corrected chi connectivity index (χ4v) is 2.47. The largest absolute Gasteiger partial charge is 0.303 e. The van der Waals surface area contributed by atoms with E-state index in [2.05, 4.69) is 0 Å². The van der Waals surface area contributed by atoms with E-state index in [1.54, 1.807) is 6.92 Å². The predicted octanol–water partition coefficient (Wildman–Crippen LogP) is 4.59. The van der Waals surface area contributed by atoms with Gasteiger partial charge >= 0.3 is 0 Å². The van der Waals surface area contributed by atoms with Crippen molar-refractivity contribution in [1.82, 2.24) is 0 Å². The molecule has 0 spiro atoms. The summed E-state index contributed by atoms with van der Waals surface area (Å²) in [5.41, 5.74) is -0.341. The molecule has 10 nitrogen and oxygen atoms in total. The van der Waals surface area contributed by atoms with Gasteiger partial charge in [-0.3, -0.25) is 30.3 Å². The fourth-order valence-electron chi connectivity index (χ4n) is 2.47. The number of nitro groups is 3. The Balaban J connectivity index is 4.74. The molecule has 0 atom stereocenters. The number of unbranched alkanes of at least 4 members (excludes halogenated alkanes) is 5. The summed E-state index contributed by atoms with van der Waals surface area (Å²) in [6, 6.07) is 0. The van der Waals surface area contributed by atoms with E-state index in [1.165, 1.54) is 18.2 Å². The summed E-state index contributed by atoms with van der Waals surface area (Å²) in [4.78, 5) is 41.4. The van der Waals surface area contributed by atoms with Gasteiger partial charge in [0.2, 0.25) is 17.1 Å². The lowest BCUT2D eigenvalue weighted by Gasteiger charge is -2.00. The molecule has 0 saturated carbocycles. The number of hydrogen-bond acceptors (Lipinski definition) is 7. The van der Waals surface area contributed by atoms with Crippen LogP contribution in [0, 0.1) is 30.3 Å². The van der Waals surface area contributed by atoms with Gasteiger partial charge in [0.05, 0.1) is 21.2 Å². The quantitative estimate of drug-likeness (QED) is 0.160. The molecule has 0 N–H and O–H groups in total. The molecule has 0 aromatic rings. The Kier molecular flexibility index (Phi) is 13.6. The van der Waals surface area contributed by atoms with Crippen molar-refractivity contribution >= 4 is 6.29 Å². The number of aldehydes is 1. The van der Waals surface area contributed by atoms with Gasteiger partial charge in [0.25, 0.3) is 0 Å². The zero-order valence-electron chi connectivity index (χ0n) is 16.1. The summed E-state index contributed by atoms with van der Waals surface area (Å²) in [5, 5.41) is 32.9. The van der Waals surface area contributed by atoms with Crippen molar-refractivity contribution in [3.05, 3.63) is 65.7 Å². The molecule has 0 rings (SSSR count). The zero-order chi connectivity index (χ0) is 21.4. The minimum Gasteiger partial charge on any atom is -0.303 e. The van der Waals surface area contributed by atoms with Crippen LogP contribution in [0.1, 0.15) is 71.1 Å². The zero-order valence-corrected chi connectivity index (χ0v) is 16.1. The molecule has 0 fully saturated rings. The third-order valence-corrected chi connectivity index (χ3v) is 4.07. The standard InChI is InChI=1S/C18H27N3O7/c1-2-16(19(23)24)13-14-18(21(27)28)12-9-11-17(20(25)26)10-7-5-3-4-6-8-15-22/h11-13,15H,2-10,14H2,1H3/b16-13+,17-11+,18-12+. The topological polar surface area (TPSA) is 146 Å². The van der Waals surface area contributed by atoms with Gasteiger partial charge in [0.15, 0.2) is 0 Å². The van der Waals surface area contributed by atoms with Gasteiger partial charge in [-0.05, 0) is 37.5 Å². The van der Waals surface area contributed by atoms with E-state index >= 15 is 0 Å². The third kappa shape index (κ3) is 11.7. The second-order valence-corrected chi connectivity index (χ2v) is 6.12. The molecule has 28 heavy (non-hydrogen) atoms. The number of hydrogen-bond donors (Lipinski definition) is 0. The second-order valence-electron chi connectivity index (χ2n) is 6.12. The lowest BCUT2D eigenvalue weighted by Crippen LogP contribution is -2.02. The van der Waals surface area contributed by atoms with E-state index in [4.69, 9.17) is 0 Å². The van der Waals surface area contributed by atoms with Crippen molar-refractivity contribution in [3.63, 3.8) is 0 Å². The maximum atomic E-state index is 11.1. The summed E-state index contributed by atoms with van der Waals surface area (Å²) in [5.74, 6) is 0. The Bertz CT molecular complexity index is 639. The third-order valence-electron chi connectivity index (χ3n) is 4.07. The molecule has 0 radical (unpaired) electrons. The van der Waals surface area contributed by atoms with Gasteiger partial charge in [-0.25, -0.2) is 0 Å². The van der Waals surface area contributed by atoms with Gasteiger partial charge in [-0.15, -0.1) is 0 Å². The van der Waals surface area contributed by atoms with Crippen molar-refractivity contribution in [1.29, 1.82) is 0 Å². The molecule has 0 bridgehead atoms. The molecule has 0 aliphatic rings. The normalized spacial score (nSPS) is 12.7. The molecule has 156 valence electrons. The molecule has 0 unspecified atom stereocenters. The molecule has 0 aromatic heterocycles. The van der Waals surface area contributed by atoms with Crippen LogP contribution < -0.4 is 0 Å². The van der Waals surface area contributed by atoms with E-state index in [0.29, 0.717) is 12.8 Å². The summed E-state index contributed by atoms with van der Waals surface area (Å²) in [6.45, 7) is 1.58. The van der Waals surface area contributed by atoms with Crippen LogP contribution in [-0.2, 0) is 4.79 Å². The average molecular weight is 397 g/mol. The minimum atomic E-state index is -0.636. The van der Waals surface area contributed by atoms with Crippen molar-refractivity contribution in [2.24, 2.45) is 0 Å². The van der Waals surface area contributed by atoms with Crippen molar-refractivity contribution < 1.29 is 19.6 Å². The first kappa shape index (κ1) is 25.1. The monoisotopic (exact) mass is 397 g/mol. The molecule has 0 aliphatic heterocycles. The molecular weight excluding hydrogens is 370 g/mol. The van der Waals surface area contributed by atoms with E-state index in [9.17, 15) is 35.1 Å². The van der Waals surface area contributed by atoms with Crippen LogP contribution in [0.25, 0.3) is 0 Å². The molecule has 0 saturated heterocycles. The van der Waals surface area contributed by atoms with Crippen LogP contribution in [0.2, 0.25) is 0 Å². The van der Waals surface area contributed by atoms with Crippen LogP contribution in [-0.4, -0.2) is 21.1 Å². The number of carbonyl (C=O) groups is 1. The summed E-state index contributed by atoms with van der Waals surface area (Å²) in [6.07, 6.45) is 9.46. The molecule has 10 heteroatoms. The highest BCUT2D eigenvalue weighted by Crippen LogP contribution is 2.15. The van der Waals surface area contributed by atoms with Gasteiger partial charge in [-0.1, -0.05) is 26.2 Å².